The Morgan fingerprint density at radius 1 is 1.11 bits per heavy atom. The molecule has 0 spiro atoms. The van der Waals surface area contributed by atoms with Gasteiger partial charge in [-0.25, -0.2) is 0 Å². The van der Waals surface area contributed by atoms with Crippen LogP contribution in [0.25, 0.3) is 0 Å². The number of rotatable bonds is 7. The van der Waals surface area contributed by atoms with Crippen LogP contribution in [0.3, 0.4) is 0 Å². The molecule has 1 heterocycles. The number of carbonyl (C=O) groups is 3. The third-order valence-corrected chi connectivity index (χ3v) is 6.19. The van der Waals surface area contributed by atoms with Gasteiger partial charge in [0, 0.05) is 30.5 Å². The predicted molar refractivity (Wildman–Crippen MR) is 112 cm³/mol. The van der Waals surface area contributed by atoms with Gasteiger partial charge in [-0.05, 0) is 49.8 Å². The van der Waals surface area contributed by atoms with Crippen molar-refractivity contribution in [2.75, 3.05) is 17.3 Å². The zero-order chi connectivity index (χ0) is 20.1. The number of amides is 3. The number of fused-ring (bicyclic) bond motifs is 1. The fourth-order valence-corrected chi connectivity index (χ4v) is 4.78. The van der Waals surface area contributed by atoms with E-state index < -0.39 is 5.91 Å². The Morgan fingerprint density at radius 3 is 2.54 bits per heavy atom. The van der Waals surface area contributed by atoms with Gasteiger partial charge in [0.1, 0.15) is 5.00 Å². The highest BCUT2D eigenvalue weighted by atomic mass is 32.1. The fraction of sp³-hybridized carbons (Fsp3) is 0.381. The van der Waals surface area contributed by atoms with Gasteiger partial charge in [-0.3, -0.25) is 14.4 Å². The van der Waals surface area contributed by atoms with Gasteiger partial charge >= 0.3 is 0 Å². The summed E-state index contributed by atoms with van der Waals surface area (Å²) in [6.45, 7) is 0. The predicted octanol–water partition coefficient (Wildman–Crippen LogP) is 3.50. The minimum atomic E-state index is -0.491. The molecular weight excluding hydrogens is 374 g/mol. The summed E-state index contributed by atoms with van der Waals surface area (Å²) in [5.41, 5.74) is 7.84. The number of aryl methyl sites for hydroxylation is 1. The van der Waals surface area contributed by atoms with E-state index in [1.54, 1.807) is 11.9 Å². The van der Waals surface area contributed by atoms with Crippen LogP contribution in [-0.2, 0) is 22.4 Å². The summed E-state index contributed by atoms with van der Waals surface area (Å²) < 4.78 is 0. The average Bonchev–Trinajstić information content (AvgIpc) is 3.05. The number of nitrogens with two attached hydrogens (primary N) is 1. The molecule has 7 heteroatoms. The van der Waals surface area contributed by atoms with E-state index in [1.165, 1.54) is 11.3 Å². The zero-order valence-electron chi connectivity index (χ0n) is 16.0. The summed E-state index contributed by atoms with van der Waals surface area (Å²) in [5, 5.41) is 3.39. The van der Waals surface area contributed by atoms with Crippen molar-refractivity contribution >= 4 is 39.7 Å². The molecule has 3 rings (SSSR count). The van der Waals surface area contributed by atoms with Crippen molar-refractivity contribution in [1.29, 1.82) is 0 Å². The summed E-state index contributed by atoms with van der Waals surface area (Å²) in [5.74, 6) is -0.728. The third kappa shape index (κ3) is 4.59. The number of para-hydroxylation sites is 1. The summed E-state index contributed by atoms with van der Waals surface area (Å²) in [4.78, 5) is 39.3. The highest BCUT2D eigenvalue weighted by molar-refractivity contribution is 7.17. The van der Waals surface area contributed by atoms with E-state index in [0.29, 0.717) is 17.0 Å². The van der Waals surface area contributed by atoms with Gasteiger partial charge in [0.25, 0.3) is 5.91 Å². The lowest BCUT2D eigenvalue weighted by molar-refractivity contribution is -0.118. The number of primary amides is 1. The summed E-state index contributed by atoms with van der Waals surface area (Å²) in [6, 6.07) is 9.39. The second-order valence-corrected chi connectivity index (χ2v) is 8.07. The summed E-state index contributed by atoms with van der Waals surface area (Å²) in [6.07, 6.45) is 4.83. The topological polar surface area (TPSA) is 92.5 Å². The molecule has 0 fully saturated rings. The first-order valence-corrected chi connectivity index (χ1v) is 10.3. The van der Waals surface area contributed by atoms with Gasteiger partial charge in [0.2, 0.25) is 11.8 Å². The van der Waals surface area contributed by atoms with E-state index in [2.05, 4.69) is 5.32 Å². The molecule has 1 aliphatic rings. The van der Waals surface area contributed by atoms with Crippen LogP contribution in [0.4, 0.5) is 10.7 Å². The van der Waals surface area contributed by atoms with E-state index in [1.807, 2.05) is 30.3 Å². The van der Waals surface area contributed by atoms with Crippen molar-refractivity contribution in [1.82, 2.24) is 0 Å². The standard InChI is InChI=1S/C21H25N3O3S/c1-24(14-8-3-2-4-9-14)18(26)13-7-12-17(25)23-21-19(20(22)27)15-10-5-6-11-16(15)28-21/h2-4,8-9H,5-7,10-13H2,1H3,(H2,22,27)(H,23,25). The quantitative estimate of drug-likeness (QED) is 0.746. The van der Waals surface area contributed by atoms with E-state index >= 15 is 0 Å². The second-order valence-electron chi connectivity index (χ2n) is 6.97. The van der Waals surface area contributed by atoms with Crippen molar-refractivity contribution in [2.45, 2.75) is 44.9 Å². The zero-order valence-corrected chi connectivity index (χ0v) is 16.8. The van der Waals surface area contributed by atoms with Crippen LogP contribution in [-0.4, -0.2) is 24.8 Å². The highest BCUT2D eigenvalue weighted by Crippen LogP contribution is 2.37. The minimum absolute atomic E-state index is 0.0385. The van der Waals surface area contributed by atoms with E-state index in [-0.39, 0.29) is 24.7 Å². The van der Waals surface area contributed by atoms with Crippen LogP contribution in [0.5, 0.6) is 0 Å². The molecule has 1 aromatic heterocycles. The van der Waals surface area contributed by atoms with Crippen molar-refractivity contribution in [3.05, 3.63) is 46.3 Å². The van der Waals surface area contributed by atoms with Gasteiger partial charge in [-0.1, -0.05) is 18.2 Å². The van der Waals surface area contributed by atoms with Crippen LogP contribution in [0, 0.1) is 0 Å². The first kappa shape index (κ1) is 20.1. The smallest absolute Gasteiger partial charge is 0.251 e. The summed E-state index contributed by atoms with van der Waals surface area (Å²) in [7, 11) is 1.73. The van der Waals surface area contributed by atoms with Crippen molar-refractivity contribution in [3.63, 3.8) is 0 Å². The Hall–Kier alpha value is -2.67. The average molecular weight is 400 g/mol. The molecule has 28 heavy (non-hydrogen) atoms. The molecule has 1 aromatic carbocycles. The third-order valence-electron chi connectivity index (χ3n) is 4.98. The number of carbonyl (C=O) groups excluding carboxylic acids is 3. The molecule has 0 bridgehead atoms. The maximum atomic E-state index is 12.3. The monoisotopic (exact) mass is 399 g/mol. The Balaban J connectivity index is 1.54. The SMILES string of the molecule is CN(C(=O)CCCC(=O)Nc1sc2c(c1C(N)=O)CCCC2)c1ccccc1. The van der Waals surface area contributed by atoms with E-state index in [4.69, 9.17) is 5.73 Å². The van der Waals surface area contributed by atoms with Crippen LogP contribution < -0.4 is 16.0 Å². The van der Waals surface area contributed by atoms with Crippen molar-refractivity contribution in [2.24, 2.45) is 5.73 Å². The first-order valence-electron chi connectivity index (χ1n) is 9.53. The minimum Gasteiger partial charge on any atom is -0.365 e. The van der Waals surface area contributed by atoms with Crippen LogP contribution in [0.1, 0.15) is 52.9 Å². The van der Waals surface area contributed by atoms with Crippen LogP contribution in [0.2, 0.25) is 0 Å². The van der Waals surface area contributed by atoms with Gasteiger partial charge in [-0.2, -0.15) is 0 Å². The molecule has 0 unspecified atom stereocenters. The number of thiophene rings is 1. The molecule has 6 nitrogen and oxygen atoms in total. The molecule has 3 N–H and O–H groups in total. The lowest BCUT2D eigenvalue weighted by atomic mass is 9.95. The molecule has 2 aromatic rings. The van der Waals surface area contributed by atoms with Crippen LogP contribution >= 0.6 is 11.3 Å². The van der Waals surface area contributed by atoms with Crippen molar-refractivity contribution < 1.29 is 14.4 Å². The second kappa shape index (κ2) is 9.01. The maximum Gasteiger partial charge on any atom is 0.251 e. The molecular formula is C21H25N3O3S. The fourth-order valence-electron chi connectivity index (χ4n) is 3.47. The molecule has 0 atom stereocenters. The van der Waals surface area contributed by atoms with Gasteiger partial charge in [0.15, 0.2) is 0 Å². The number of anilines is 2. The Bertz CT molecular complexity index is 877. The number of nitrogens with zero attached hydrogens (tertiary/aromatic N) is 1. The van der Waals surface area contributed by atoms with E-state index in [9.17, 15) is 14.4 Å². The number of nitrogens with one attached hydrogen (secondary N) is 1. The number of hydrogen-bond acceptors (Lipinski definition) is 4. The van der Waals surface area contributed by atoms with Gasteiger partial charge in [-0.15, -0.1) is 11.3 Å². The Kier molecular flexibility index (Phi) is 6.46. The van der Waals surface area contributed by atoms with Gasteiger partial charge in [0.05, 0.1) is 5.56 Å². The molecule has 0 saturated carbocycles. The highest BCUT2D eigenvalue weighted by Gasteiger charge is 2.24. The van der Waals surface area contributed by atoms with Crippen LogP contribution in [0.15, 0.2) is 30.3 Å². The largest absolute Gasteiger partial charge is 0.365 e. The normalized spacial score (nSPS) is 12.9. The molecule has 3 amide bonds. The Morgan fingerprint density at radius 2 is 1.82 bits per heavy atom. The lowest BCUT2D eigenvalue weighted by Crippen LogP contribution is -2.26. The van der Waals surface area contributed by atoms with E-state index in [0.717, 1.165) is 41.8 Å². The number of hydrogen-bond donors (Lipinski definition) is 2. The molecule has 0 radical (unpaired) electrons. The summed E-state index contributed by atoms with van der Waals surface area (Å²) >= 11 is 1.45. The van der Waals surface area contributed by atoms with Crippen molar-refractivity contribution in [3.8, 4) is 0 Å². The molecule has 1 aliphatic carbocycles. The maximum absolute atomic E-state index is 12.3. The molecule has 148 valence electrons. The lowest BCUT2D eigenvalue weighted by Gasteiger charge is -2.17. The molecule has 0 aliphatic heterocycles. The van der Waals surface area contributed by atoms with Gasteiger partial charge < -0.3 is 16.0 Å². The Labute approximate surface area is 168 Å². The molecule has 0 saturated heterocycles. The first-order chi connectivity index (χ1) is 13.5. The number of benzene rings is 1.